The smallest absolute Gasteiger partial charge is 0.257 e. The Bertz CT molecular complexity index is 1080. The van der Waals surface area contributed by atoms with E-state index in [1.807, 2.05) is 44.2 Å². The van der Waals surface area contributed by atoms with Gasteiger partial charge in [0.15, 0.2) is 5.13 Å². The average Bonchev–Trinajstić information content (AvgIpc) is 2.97. The summed E-state index contributed by atoms with van der Waals surface area (Å²) in [6.07, 6.45) is 0. The molecule has 1 aromatic heterocycles. The van der Waals surface area contributed by atoms with Gasteiger partial charge in [0.1, 0.15) is 0 Å². The van der Waals surface area contributed by atoms with Crippen LogP contribution in [0.1, 0.15) is 21.5 Å². The van der Waals surface area contributed by atoms with Crippen molar-refractivity contribution in [2.24, 2.45) is 0 Å². The Morgan fingerprint density at radius 2 is 1.88 bits per heavy atom. The summed E-state index contributed by atoms with van der Waals surface area (Å²) < 4.78 is 1.07. The highest BCUT2D eigenvalue weighted by atomic mass is 32.1. The molecule has 1 amide bonds. The van der Waals surface area contributed by atoms with E-state index >= 15 is 0 Å². The van der Waals surface area contributed by atoms with Crippen molar-refractivity contribution in [3.63, 3.8) is 0 Å². The number of hydrogen-bond acceptors (Lipinski definition) is 3. The van der Waals surface area contributed by atoms with Crippen molar-refractivity contribution < 1.29 is 4.79 Å². The predicted octanol–water partition coefficient (Wildman–Crippen LogP) is 5.32. The summed E-state index contributed by atoms with van der Waals surface area (Å²) in [5.74, 6) is -0.115. The summed E-state index contributed by atoms with van der Waals surface area (Å²) >= 11 is 1.50. The number of nitrogens with one attached hydrogen (secondary N) is 1. The molecular weight excluding hydrogens is 316 g/mol. The molecule has 1 N–H and O–H groups in total. The molecular formula is C20H16N2OS. The number of carbonyl (C=O) groups excluding carboxylic acids is 1. The van der Waals surface area contributed by atoms with Crippen molar-refractivity contribution in [2.45, 2.75) is 13.8 Å². The van der Waals surface area contributed by atoms with E-state index in [1.165, 1.54) is 11.3 Å². The molecule has 0 aliphatic rings. The predicted molar refractivity (Wildman–Crippen MR) is 101 cm³/mol. The molecule has 0 bridgehead atoms. The fourth-order valence-corrected chi connectivity index (χ4v) is 3.82. The topological polar surface area (TPSA) is 42.0 Å². The number of nitrogens with zero attached hydrogens (tertiary/aromatic N) is 1. The first kappa shape index (κ1) is 14.8. The number of hydrogen-bond donors (Lipinski definition) is 1. The first-order valence-corrected chi connectivity index (χ1v) is 8.60. The minimum absolute atomic E-state index is 0.115. The van der Waals surface area contributed by atoms with Crippen LogP contribution in [0.15, 0.2) is 54.6 Å². The van der Waals surface area contributed by atoms with Crippen molar-refractivity contribution in [2.75, 3.05) is 5.32 Å². The maximum Gasteiger partial charge on any atom is 0.257 e. The van der Waals surface area contributed by atoms with Gasteiger partial charge in [-0.1, -0.05) is 59.4 Å². The van der Waals surface area contributed by atoms with E-state index in [4.69, 9.17) is 0 Å². The lowest BCUT2D eigenvalue weighted by atomic mass is 10.1. The van der Waals surface area contributed by atoms with Gasteiger partial charge in [-0.3, -0.25) is 10.1 Å². The van der Waals surface area contributed by atoms with E-state index < -0.39 is 0 Å². The Labute approximate surface area is 144 Å². The number of benzene rings is 3. The largest absolute Gasteiger partial charge is 0.298 e. The summed E-state index contributed by atoms with van der Waals surface area (Å²) in [6.45, 7) is 3.97. The Morgan fingerprint density at radius 3 is 2.71 bits per heavy atom. The second kappa shape index (κ2) is 5.73. The zero-order valence-corrected chi connectivity index (χ0v) is 14.3. The molecule has 0 spiro atoms. The third-order valence-corrected chi connectivity index (χ3v) is 5.07. The zero-order valence-electron chi connectivity index (χ0n) is 13.5. The lowest BCUT2D eigenvalue weighted by Gasteiger charge is -2.06. The number of aryl methyl sites for hydroxylation is 2. The first-order valence-electron chi connectivity index (χ1n) is 7.79. The highest BCUT2D eigenvalue weighted by Gasteiger charge is 2.13. The molecule has 1 heterocycles. The highest BCUT2D eigenvalue weighted by Crippen LogP contribution is 2.32. The van der Waals surface area contributed by atoms with E-state index in [2.05, 4.69) is 34.6 Å². The van der Waals surface area contributed by atoms with E-state index in [0.29, 0.717) is 10.7 Å². The number of rotatable bonds is 2. The molecule has 4 rings (SSSR count). The van der Waals surface area contributed by atoms with Gasteiger partial charge in [0.05, 0.1) is 10.2 Å². The Kier molecular flexibility index (Phi) is 3.54. The molecule has 0 saturated carbocycles. The molecule has 4 heteroatoms. The number of amides is 1. The minimum atomic E-state index is -0.115. The second-order valence-corrected chi connectivity index (χ2v) is 6.96. The maximum absolute atomic E-state index is 12.5. The van der Waals surface area contributed by atoms with Crippen LogP contribution in [0.2, 0.25) is 0 Å². The monoisotopic (exact) mass is 332 g/mol. The molecule has 0 radical (unpaired) electrons. The quantitative estimate of drug-likeness (QED) is 0.540. The molecule has 0 unspecified atom stereocenters. The van der Waals surface area contributed by atoms with Crippen molar-refractivity contribution in [1.29, 1.82) is 0 Å². The minimum Gasteiger partial charge on any atom is -0.298 e. The van der Waals surface area contributed by atoms with Crippen LogP contribution < -0.4 is 5.32 Å². The molecule has 3 nitrogen and oxygen atoms in total. The van der Waals surface area contributed by atoms with Crippen molar-refractivity contribution in [3.05, 3.63) is 71.3 Å². The van der Waals surface area contributed by atoms with Gasteiger partial charge in [0.25, 0.3) is 5.91 Å². The molecule has 3 aromatic carbocycles. The van der Waals surface area contributed by atoms with Crippen molar-refractivity contribution >= 4 is 43.4 Å². The third kappa shape index (κ3) is 2.55. The lowest BCUT2D eigenvalue weighted by molar-refractivity contribution is 0.102. The standard InChI is InChI=1S/C20H16N2OS/c1-12-7-9-15(13(2)11-12)19(23)22-20-21-18-16-6-4-3-5-14(16)8-10-17(18)24-20/h3-11H,1-2H3,(H,21,22,23). The molecule has 0 fully saturated rings. The molecule has 0 aliphatic heterocycles. The number of fused-ring (bicyclic) bond motifs is 3. The van der Waals surface area contributed by atoms with Crippen LogP contribution in [-0.4, -0.2) is 10.9 Å². The van der Waals surface area contributed by atoms with Gasteiger partial charge in [0.2, 0.25) is 0 Å². The Hall–Kier alpha value is -2.72. The molecule has 0 aliphatic carbocycles. The van der Waals surface area contributed by atoms with Crippen LogP contribution in [0.25, 0.3) is 21.0 Å². The maximum atomic E-state index is 12.5. The number of carbonyl (C=O) groups is 1. The van der Waals surface area contributed by atoms with Crippen LogP contribution in [0, 0.1) is 13.8 Å². The number of anilines is 1. The molecule has 0 atom stereocenters. The summed E-state index contributed by atoms with van der Waals surface area (Å²) in [7, 11) is 0. The second-order valence-electron chi connectivity index (χ2n) is 5.92. The van der Waals surface area contributed by atoms with Gasteiger partial charge in [-0.2, -0.15) is 0 Å². The van der Waals surface area contributed by atoms with E-state index in [-0.39, 0.29) is 5.91 Å². The van der Waals surface area contributed by atoms with Gasteiger partial charge in [-0.05, 0) is 36.9 Å². The van der Waals surface area contributed by atoms with Crippen LogP contribution in [0.4, 0.5) is 5.13 Å². The first-order chi connectivity index (χ1) is 11.6. The van der Waals surface area contributed by atoms with Gasteiger partial charge in [-0.25, -0.2) is 4.98 Å². The van der Waals surface area contributed by atoms with Crippen LogP contribution in [0.5, 0.6) is 0 Å². The molecule has 24 heavy (non-hydrogen) atoms. The van der Waals surface area contributed by atoms with Gasteiger partial charge in [0, 0.05) is 10.9 Å². The average molecular weight is 332 g/mol. The summed E-state index contributed by atoms with van der Waals surface area (Å²) in [4.78, 5) is 17.2. The summed E-state index contributed by atoms with van der Waals surface area (Å²) in [5, 5.41) is 5.84. The van der Waals surface area contributed by atoms with E-state index in [9.17, 15) is 4.79 Å². The Balaban J connectivity index is 1.72. The SMILES string of the molecule is Cc1ccc(C(=O)Nc2nc3c(ccc4ccccc43)s2)c(C)c1. The normalized spacial score (nSPS) is 11.1. The number of thiazole rings is 1. The third-order valence-electron chi connectivity index (χ3n) is 4.13. The van der Waals surface area contributed by atoms with E-state index in [1.54, 1.807) is 0 Å². The van der Waals surface area contributed by atoms with E-state index in [0.717, 1.165) is 32.1 Å². The fourth-order valence-electron chi connectivity index (χ4n) is 2.95. The molecule has 118 valence electrons. The van der Waals surface area contributed by atoms with Crippen LogP contribution in [0.3, 0.4) is 0 Å². The summed E-state index contributed by atoms with van der Waals surface area (Å²) in [6, 6.07) is 18.1. The highest BCUT2D eigenvalue weighted by molar-refractivity contribution is 7.22. The Morgan fingerprint density at radius 1 is 1.04 bits per heavy atom. The van der Waals surface area contributed by atoms with Gasteiger partial charge >= 0.3 is 0 Å². The van der Waals surface area contributed by atoms with Crippen molar-refractivity contribution in [3.8, 4) is 0 Å². The fraction of sp³-hybridized carbons (Fsp3) is 0.100. The zero-order chi connectivity index (χ0) is 16.7. The van der Waals surface area contributed by atoms with Gasteiger partial charge < -0.3 is 0 Å². The molecule has 4 aromatic rings. The lowest BCUT2D eigenvalue weighted by Crippen LogP contribution is -2.13. The number of aromatic nitrogens is 1. The van der Waals surface area contributed by atoms with Crippen LogP contribution >= 0.6 is 11.3 Å². The van der Waals surface area contributed by atoms with Crippen LogP contribution in [-0.2, 0) is 0 Å². The molecule has 0 saturated heterocycles. The summed E-state index contributed by atoms with van der Waals surface area (Å²) in [5.41, 5.74) is 3.74. The van der Waals surface area contributed by atoms with Gasteiger partial charge in [-0.15, -0.1) is 0 Å². The van der Waals surface area contributed by atoms with Crippen molar-refractivity contribution in [1.82, 2.24) is 4.98 Å².